The van der Waals surface area contributed by atoms with Crippen molar-refractivity contribution in [3.63, 3.8) is 0 Å². The normalized spacial score (nSPS) is 13.1. The van der Waals surface area contributed by atoms with Crippen LogP contribution in [-0.2, 0) is 7.05 Å². The predicted octanol–water partition coefficient (Wildman–Crippen LogP) is 2.42. The molecule has 1 atom stereocenters. The quantitative estimate of drug-likeness (QED) is 0.928. The van der Waals surface area contributed by atoms with E-state index >= 15 is 0 Å². The van der Waals surface area contributed by atoms with Gasteiger partial charge in [-0.25, -0.2) is 4.98 Å². The number of ether oxygens (including phenoxy) is 1. The minimum Gasteiger partial charge on any atom is -0.481 e. The van der Waals surface area contributed by atoms with Gasteiger partial charge in [0.2, 0.25) is 11.8 Å². The van der Waals surface area contributed by atoms with Crippen LogP contribution in [-0.4, -0.2) is 26.9 Å². The topological polar surface area (TPSA) is 64.9 Å². The Hall–Kier alpha value is -2.11. The van der Waals surface area contributed by atoms with Crippen LogP contribution in [0.15, 0.2) is 24.7 Å². The van der Waals surface area contributed by atoms with Crippen molar-refractivity contribution in [1.82, 2.24) is 19.7 Å². The molecule has 6 heteroatoms. The van der Waals surface area contributed by atoms with E-state index in [9.17, 15) is 0 Å². The summed E-state index contributed by atoms with van der Waals surface area (Å²) in [4.78, 5) is 8.55. The maximum Gasteiger partial charge on any atom is 0.226 e. The molecule has 2 aromatic rings. The van der Waals surface area contributed by atoms with Gasteiger partial charge < -0.3 is 10.1 Å². The lowest BCUT2D eigenvalue weighted by molar-refractivity contribution is 0.345. The van der Waals surface area contributed by atoms with Crippen LogP contribution in [0, 0.1) is 5.41 Å². The highest BCUT2D eigenvalue weighted by Gasteiger charge is 2.28. The van der Waals surface area contributed by atoms with Crippen LogP contribution < -0.4 is 10.1 Å². The molecule has 0 saturated heterocycles. The maximum absolute atomic E-state index is 5.12. The summed E-state index contributed by atoms with van der Waals surface area (Å²) in [5.41, 5.74) is 1.10. The second-order valence-corrected chi connectivity index (χ2v) is 5.81. The van der Waals surface area contributed by atoms with Crippen molar-refractivity contribution in [3.8, 4) is 5.88 Å². The second kappa shape index (κ2) is 5.48. The van der Waals surface area contributed by atoms with E-state index < -0.39 is 0 Å². The number of rotatable bonds is 4. The Morgan fingerprint density at radius 1 is 1.35 bits per heavy atom. The van der Waals surface area contributed by atoms with Gasteiger partial charge in [-0.3, -0.25) is 4.68 Å². The monoisotopic (exact) mass is 275 g/mol. The van der Waals surface area contributed by atoms with Gasteiger partial charge in [-0.05, 0) is 5.41 Å². The average molecular weight is 275 g/mol. The van der Waals surface area contributed by atoms with Gasteiger partial charge in [0.1, 0.15) is 0 Å². The molecule has 0 amide bonds. The molecule has 0 aromatic carbocycles. The van der Waals surface area contributed by atoms with Crippen LogP contribution in [0.5, 0.6) is 5.88 Å². The molecule has 2 aromatic heterocycles. The molecule has 2 rings (SSSR count). The zero-order chi connectivity index (χ0) is 14.8. The van der Waals surface area contributed by atoms with Crippen molar-refractivity contribution in [2.45, 2.75) is 26.8 Å². The van der Waals surface area contributed by atoms with Crippen molar-refractivity contribution >= 4 is 5.95 Å². The minimum atomic E-state index is -0.00449. The second-order valence-electron chi connectivity index (χ2n) is 5.81. The Morgan fingerprint density at radius 3 is 2.65 bits per heavy atom. The Kier molecular flexibility index (Phi) is 3.92. The van der Waals surface area contributed by atoms with E-state index in [1.807, 2.05) is 19.4 Å². The number of hydrogen-bond donors (Lipinski definition) is 1. The largest absolute Gasteiger partial charge is 0.481 e. The summed E-state index contributed by atoms with van der Waals surface area (Å²) in [6, 6.07) is 1.78. The molecule has 108 valence electrons. The van der Waals surface area contributed by atoms with Crippen molar-refractivity contribution in [2.24, 2.45) is 12.5 Å². The van der Waals surface area contributed by atoms with Gasteiger partial charge in [0.05, 0.1) is 19.3 Å². The molecule has 0 aliphatic heterocycles. The summed E-state index contributed by atoms with van der Waals surface area (Å²) in [6.45, 7) is 6.49. The third-order valence-electron chi connectivity index (χ3n) is 3.04. The van der Waals surface area contributed by atoms with Gasteiger partial charge in [0.25, 0.3) is 0 Å². The molecule has 6 nitrogen and oxygen atoms in total. The van der Waals surface area contributed by atoms with E-state index in [0.717, 1.165) is 5.56 Å². The Morgan fingerprint density at radius 2 is 2.10 bits per heavy atom. The number of methoxy groups -OCH3 is 1. The highest BCUT2D eigenvalue weighted by molar-refractivity contribution is 5.33. The molecule has 20 heavy (non-hydrogen) atoms. The van der Waals surface area contributed by atoms with Crippen LogP contribution in [0.4, 0.5) is 5.95 Å². The first-order valence-corrected chi connectivity index (χ1v) is 6.52. The fourth-order valence-corrected chi connectivity index (χ4v) is 2.04. The summed E-state index contributed by atoms with van der Waals surface area (Å²) in [6.07, 6.45) is 5.54. The summed E-state index contributed by atoms with van der Waals surface area (Å²) in [7, 11) is 3.50. The van der Waals surface area contributed by atoms with E-state index in [1.165, 1.54) is 0 Å². The molecule has 0 unspecified atom stereocenters. The number of nitrogens with one attached hydrogen (secondary N) is 1. The standard InChI is InChI=1S/C14H21N5O/c1-14(2,3)12(10-8-16-19(4)9-10)18-13-15-7-6-11(17-13)20-5/h6-9,12H,1-5H3,(H,15,17,18)/t12-/m1/s1. The SMILES string of the molecule is COc1ccnc(N[C@H](c2cnn(C)c2)C(C)(C)C)n1. The average Bonchev–Trinajstić information content (AvgIpc) is 2.81. The van der Waals surface area contributed by atoms with Crippen LogP contribution >= 0.6 is 0 Å². The molecule has 2 heterocycles. The van der Waals surface area contributed by atoms with Crippen LogP contribution in [0.3, 0.4) is 0 Å². The number of nitrogens with zero attached hydrogens (tertiary/aromatic N) is 4. The zero-order valence-electron chi connectivity index (χ0n) is 12.6. The van der Waals surface area contributed by atoms with Gasteiger partial charge in [-0.2, -0.15) is 10.1 Å². The van der Waals surface area contributed by atoms with E-state index in [2.05, 4.69) is 41.2 Å². The number of aryl methyl sites for hydroxylation is 1. The fraction of sp³-hybridized carbons (Fsp3) is 0.500. The lowest BCUT2D eigenvalue weighted by atomic mass is 9.83. The molecule has 0 saturated carbocycles. The molecule has 0 fully saturated rings. The summed E-state index contributed by atoms with van der Waals surface area (Å²) < 4.78 is 6.92. The third-order valence-corrected chi connectivity index (χ3v) is 3.04. The Bertz CT molecular complexity index is 573. The van der Waals surface area contributed by atoms with Crippen molar-refractivity contribution in [3.05, 3.63) is 30.2 Å². The van der Waals surface area contributed by atoms with Crippen molar-refractivity contribution in [2.75, 3.05) is 12.4 Å². The summed E-state index contributed by atoms with van der Waals surface area (Å²) in [5, 5.41) is 7.61. The first-order valence-electron chi connectivity index (χ1n) is 6.52. The van der Waals surface area contributed by atoms with Gasteiger partial charge in [0.15, 0.2) is 0 Å². The molecule has 1 N–H and O–H groups in total. The smallest absolute Gasteiger partial charge is 0.226 e. The Labute approximate surface area is 119 Å². The lowest BCUT2D eigenvalue weighted by Gasteiger charge is -2.30. The van der Waals surface area contributed by atoms with Gasteiger partial charge >= 0.3 is 0 Å². The molecular weight excluding hydrogens is 254 g/mol. The first-order chi connectivity index (χ1) is 9.40. The van der Waals surface area contributed by atoms with E-state index in [0.29, 0.717) is 11.8 Å². The molecule has 0 radical (unpaired) electrons. The lowest BCUT2D eigenvalue weighted by Crippen LogP contribution is -2.26. The van der Waals surface area contributed by atoms with E-state index in [-0.39, 0.29) is 11.5 Å². The van der Waals surface area contributed by atoms with Gasteiger partial charge in [0, 0.05) is 31.1 Å². The molecular formula is C14H21N5O. The molecule has 0 spiro atoms. The first kappa shape index (κ1) is 14.3. The minimum absolute atomic E-state index is 0.00449. The predicted molar refractivity (Wildman–Crippen MR) is 77.6 cm³/mol. The van der Waals surface area contributed by atoms with Crippen LogP contribution in [0.25, 0.3) is 0 Å². The Balaban J connectivity index is 2.28. The number of aromatic nitrogens is 4. The molecule has 0 aliphatic carbocycles. The number of anilines is 1. The maximum atomic E-state index is 5.12. The molecule has 0 aliphatic rings. The van der Waals surface area contributed by atoms with E-state index in [1.54, 1.807) is 24.1 Å². The highest BCUT2D eigenvalue weighted by Crippen LogP contribution is 2.34. The molecule has 0 bridgehead atoms. The van der Waals surface area contributed by atoms with Crippen LogP contribution in [0.1, 0.15) is 32.4 Å². The fourth-order valence-electron chi connectivity index (χ4n) is 2.04. The van der Waals surface area contributed by atoms with Crippen molar-refractivity contribution < 1.29 is 4.74 Å². The highest BCUT2D eigenvalue weighted by atomic mass is 16.5. The summed E-state index contributed by atoms with van der Waals surface area (Å²) >= 11 is 0. The third kappa shape index (κ3) is 3.26. The van der Waals surface area contributed by atoms with E-state index in [4.69, 9.17) is 4.74 Å². The van der Waals surface area contributed by atoms with Gasteiger partial charge in [-0.1, -0.05) is 20.8 Å². The van der Waals surface area contributed by atoms with Crippen molar-refractivity contribution in [1.29, 1.82) is 0 Å². The van der Waals surface area contributed by atoms with Crippen LogP contribution in [0.2, 0.25) is 0 Å². The number of hydrogen-bond acceptors (Lipinski definition) is 5. The van der Waals surface area contributed by atoms with Gasteiger partial charge in [-0.15, -0.1) is 0 Å². The summed E-state index contributed by atoms with van der Waals surface area (Å²) in [5.74, 6) is 1.09. The zero-order valence-corrected chi connectivity index (χ0v) is 12.6.